The van der Waals surface area contributed by atoms with E-state index in [1.807, 2.05) is 0 Å². The molecule has 0 aliphatic carbocycles. The standard InChI is InChI=1S/C9H8ClF2NO2/c1-4-2-5(9(14)15)6(3-10)7(13-4)8(11)12/h2,8H,3H2,1H3,(H,14,15). The van der Waals surface area contributed by atoms with Gasteiger partial charge in [0.2, 0.25) is 0 Å². The number of hydrogen-bond donors (Lipinski definition) is 1. The van der Waals surface area contributed by atoms with E-state index in [-0.39, 0.29) is 22.7 Å². The molecule has 3 nitrogen and oxygen atoms in total. The van der Waals surface area contributed by atoms with Crippen molar-refractivity contribution < 1.29 is 18.7 Å². The van der Waals surface area contributed by atoms with Crippen LogP contribution in [0, 0.1) is 6.92 Å². The minimum Gasteiger partial charge on any atom is -0.478 e. The van der Waals surface area contributed by atoms with Gasteiger partial charge in [0.25, 0.3) is 6.43 Å². The third kappa shape index (κ3) is 2.41. The van der Waals surface area contributed by atoms with Gasteiger partial charge in [-0.05, 0) is 13.0 Å². The van der Waals surface area contributed by atoms with Gasteiger partial charge in [0.1, 0.15) is 5.69 Å². The lowest BCUT2D eigenvalue weighted by Crippen LogP contribution is -2.08. The molecule has 1 rings (SSSR count). The van der Waals surface area contributed by atoms with Gasteiger partial charge in [0.05, 0.1) is 11.4 Å². The predicted octanol–water partition coefficient (Wildman–Crippen LogP) is 2.76. The van der Waals surface area contributed by atoms with Crippen molar-refractivity contribution in [2.75, 3.05) is 0 Å². The first-order chi connectivity index (χ1) is 6.97. The van der Waals surface area contributed by atoms with E-state index in [9.17, 15) is 13.6 Å². The number of hydrogen-bond acceptors (Lipinski definition) is 2. The smallest absolute Gasteiger partial charge is 0.336 e. The number of alkyl halides is 3. The lowest BCUT2D eigenvalue weighted by Gasteiger charge is -2.09. The maximum Gasteiger partial charge on any atom is 0.336 e. The fraction of sp³-hybridized carbons (Fsp3) is 0.333. The monoisotopic (exact) mass is 235 g/mol. The lowest BCUT2D eigenvalue weighted by molar-refractivity contribution is 0.0695. The van der Waals surface area contributed by atoms with Crippen molar-refractivity contribution in [1.29, 1.82) is 0 Å². The molecule has 15 heavy (non-hydrogen) atoms. The van der Waals surface area contributed by atoms with Crippen LogP contribution in [0.1, 0.15) is 33.7 Å². The molecule has 0 aliphatic rings. The number of nitrogens with zero attached hydrogens (tertiary/aromatic N) is 1. The molecule has 6 heteroatoms. The normalized spacial score (nSPS) is 10.7. The van der Waals surface area contributed by atoms with E-state index in [0.717, 1.165) is 0 Å². The molecule has 82 valence electrons. The summed E-state index contributed by atoms with van der Waals surface area (Å²) >= 11 is 5.44. The molecule has 0 spiro atoms. The van der Waals surface area contributed by atoms with Crippen molar-refractivity contribution >= 4 is 17.6 Å². The van der Waals surface area contributed by atoms with E-state index >= 15 is 0 Å². The molecule has 0 fully saturated rings. The second-order valence-corrected chi connectivity index (χ2v) is 3.18. The number of carboxylic acids is 1. The summed E-state index contributed by atoms with van der Waals surface area (Å²) in [4.78, 5) is 14.4. The fourth-order valence-corrected chi connectivity index (χ4v) is 1.52. The summed E-state index contributed by atoms with van der Waals surface area (Å²) < 4.78 is 25.0. The summed E-state index contributed by atoms with van der Waals surface area (Å²) in [6.45, 7) is 1.45. The Bertz CT molecular complexity index is 396. The molecule has 0 aromatic carbocycles. The molecule has 0 saturated heterocycles. The van der Waals surface area contributed by atoms with E-state index in [0.29, 0.717) is 0 Å². The van der Waals surface area contributed by atoms with Crippen molar-refractivity contribution in [3.63, 3.8) is 0 Å². The number of aromatic nitrogens is 1. The molecule has 1 heterocycles. The van der Waals surface area contributed by atoms with Crippen LogP contribution in [-0.4, -0.2) is 16.1 Å². The summed E-state index contributed by atoms with van der Waals surface area (Å²) in [5.74, 6) is -1.58. The third-order valence-electron chi connectivity index (χ3n) is 1.86. The van der Waals surface area contributed by atoms with Crippen LogP contribution in [0.3, 0.4) is 0 Å². The van der Waals surface area contributed by atoms with Gasteiger partial charge in [-0.1, -0.05) is 0 Å². The second-order valence-electron chi connectivity index (χ2n) is 2.91. The first kappa shape index (κ1) is 11.8. The van der Waals surface area contributed by atoms with Crippen LogP contribution in [0.5, 0.6) is 0 Å². The van der Waals surface area contributed by atoms with Crippen LogP contribution < -0.4 is 0 Å². The molecule has 0 unspecified atom stereocenters. The minimum atomic E-state index is -2.82. The van der Waals surface area contributed by atoms with Crippen LogP contribution in [0.15, 0.2) is 6.07 Å². The summed E-state index contributed by atoms with van der Waals surface area (Å²) in [6, 6.07) is 1.23. The zero-order valence-corrected chi connectivity index (χ0v) is 8.55. The Kier molecular flexibility index (Phi) is 3.57. The minimum absolute atomic E-state index is 0.121. The molecule has 0 amide bonds. The van der Waals surface area contributed by atoms with E-state index in [1.165, 1.54) is 13.0 Å². The molecule has 0 saturated carbocycles. The summed E-state index contributed by atoms with van der Waals surface area (Å²) in [5.41, 5.74) is -0.656. The van der Waals surface area contributed by atoms with Gasteiger partial charge in [-0.15, -0.1) is 11.6 Å². The van der Waals surface area contributed by atoms with Crippen LogP contribution in [0.2, 0.25) is 0 Å². The highest BCUT2D eigenvalue weighted by molar-refractivity contribution is 6.17. The molecule has 0 radical (unpaired) electrons. The number of rotatable bonds is 3. The number of aromatic carboxylic acids is 1. The summed E-state index contributed by atoms with van der Waals surface area (Å²) in [6.07, 6.45) is -2.82. The zero-order chi connectivity index (χ0) is 11.6. The van der Waals surface area contributed by atoms with Gasteiger partial charge in [-0.3, -0.25) is 4.98 Å². The molecule has 0 atom stereocenters. The Labute approximate surface area is 89.7 Å². The molecule has 0 aliphatic heterocycles. The van der Waals surface area contributed by atoms with Crippen molar-refractivity contribution in [3.05, 3.63) is 28.6 Å². The van der Waals surface area contributed by atoms with Crippen molar-refractivity contribution in [2.45, 2.75) is 19.2 Å². The predicted molar refractivity (Wildman–Crippen MR) is 50.4 cm³/mol. The molecule has 1 aromatic rings. The number of carboxylic acid groups (broad SMARTS) is 1. The van der Waals surface area contributed by atoms with Crippen molar-refractivity contribution in [3.8, 4) is 0 Å². The van der Waals surface area contributed by atoms with E-state index < -0.39 is 18.1 Å². The Hall–Kier alpha value is -1.23. The second kappa shape index (κ2) is 4.53. The quantitative estimate of drug-likeness (QED) is 0.820. The van der Waals surface area contributed by atoms with Crippen LogP contribution in [0.25, 0.3) is 0 Å². The highest BCUT2D eigenvalue weighted by Crippen LogP contribution is 2.25. The number of aryl methyl sites for hydroxylation is 1. The highest BCUT2D eigenvalue weighted by Gasteiger charge is 2.21. The van der Waals surface area contributed by atoms with Gasteiger partial charge in [-0.25, -0.2) is 13.6 Å². The Morgan fingerprint density at radius 3 is 2.67 bits per heavy atom. The number of pyridine rings is 1. The van der Waals surface area contributed by atoms with E-state index in [1.54, 1.807) is 0 Å². The first-order valence-electron chi connectivity index (χ1n) is 4.05. The number of carbonyl (C=O) groups is 1. The maximum absolute atomic E-state index is 12.5. The largest absolute Gasteiger partial charge is 0.478 e. The molecular weight excluding hydrogens is 228 g/mol. The Morgan fingerprint density at radius 2 is 2.27 bits per heavy atom. The van der Waals surface area contributed by atoms with Crippen LogP contribution in [-0.2, 0) is 5.88 Å². The van der Waals surface area contributed by atoms with Gasteiger partial charge >= 0.3 is 5.97 Å². The van der Waals surface area contributed by atoms with E-state index in [2.05, 4.69) is 4.98 Å². The summed E-state index contributed by atoms with van der Waals surface area (Å²) in [7, 11) is 0. The molecule has 1 N–H and O–H groups in total. The maximum atomic E-state index is 12.5. The SMILES string of the molecule is Cc1cc(C(=O)O)c(CCl)c(C(F)F)n1. The fourth-order valence-electron chi connectivity index (χ4n) is 1.24. The molecular formula is C9H8ClF2NO2. The topological polar surface area (TPSA) is 50.2 Å². The van der Waals surface area contributed by atoms with E-state index in [4.69, 9.17) is 16.7 Å². The average Bonchev–Trinajstić information content (AvgIpc) is 2.16. The van der Waals surface area contributed by atoms with Gasteiger partial charge in [0, 0.05) is 11.3 Å². The highest BCUT2D eigenvalue weighted by atomic mass is 35.5. The van der Waals surface area contributed by atoms with Crippen LogP contribution >= 0.6 is 11.6 Å². The zero-order valence-electron chi connectivity index (χ0n) is 7.80. The van der Waals surface area contributed by atoms with Crippen LogP contribution in [0.4, 0.5) is 8.78 Å². The van der Waals surface area contributed by atoms with Crippen molar-refractivity contribution in [2.24, 2.45) is 0 Å². The van der Waals surface area contributed by atoms with Gasteiger partial charge in [-0.2, -0.15) is 0 Å². The number of halogens is 3. The Balaban J connectivity index is 3.45. The van der Waals surface area contributed by atoms with Gasteiger partial charge in [0.15, 0.2) is 0 Å². The first-order valence-corrected chi connectivity index (χ1v) is 4.58. The molecule has 0 bridgehead atoms. The van der Waals surface area contributed by atoms with Gasteiger partial charge < -0.3 is 5.11 Å². The molecule has 1 aromatic heterocycles. The Morgan fingerprint density at radius 1 is 1.67 bits per heavy atom. The third-order valence-corrected chi connectivity index (χ3v) is 2.12. The summed E-state index contributed by atoms with van der Waals surface area (Å²) in [5, 5.41) is 8.80. The lowest BCUT2D eigenvalue weighted by atomic mass is 10.1. The average molecular weight is 236 g/mol. The van der Waals surface area contributed by atoms with Crippen molar-refractivity contribution in [1.82, 2.24) is 4.98 Å².